The van der Waals surface area contributed by atoms with Crippen molar-refractivity contribution in [3.63, 3.8) is 0 Å². The van der Waals surface area contributed by atoms with Gasteiger partial charge >= 0.3 is 0 Å². The summed E-state index contributed by atoms with van der Waals surface area (Å²) in [6, 6.07) is 14.9. The SMILES string of the molecule is O=C1NC[C@@H](c2cn3c4c(cccc24)CCC3)C1c1c[nH]c2ccccc12. The highest BCUT2D eigenvalue weighted by molar-refractivity contribution is 5.96. The first-order chi connectivity index (χ1) is 13.3. The van der Waals surface area contributed by atoms with Crippen molar-refractivity contribution in [1.29, 1.82) is 0 Å². The first-order valence-corrected chi connectivity index (χ1v) is 9.75. The maximum Gasteiger partial charge on any atom is 0.228 e. The average molecular weight is 355 g/mol. The molecule has 0 saturated carbocycles. The Hall–Kier alpha value is -3.01. The fraction of sp³-hybridized carbons (Fsp3) is 0.261. The Morgan fingerprint density at radius 2 is 1.89 bits per heavy atom. The number of nitrogens with one attached hydrogen (secondary N) is 2. The Kier molecular flexibility index (Phi) is 3.07. The number of aromatic nitrogens is 2. The van der Waals surface area contributed by atoms with Gasteiger partial charge in [-0.15, -0.1) is 0 Å². The Labute approximate surface area is 157 Å². The van der Waals surface area contributed by atoms with E-state index in [0.717, 1.165) is 29.4 Å². The van der Waals surface area contributed by atoms with E-state index in [1.54, 1.807) is 0 Å². The summed E-state index contributed by atoms with van der Waals surface area (Å²) >= 11 is 0. The highest BCUT2D eigenvalue weighted by Crippen LogP contribution is 2.43. The van der Waals surface area contributed by atoms with Crippen molar-refractivity contribution in [1.82, 2.24) is 14.9 Å². The summed E-state index contributed by atoms with van der Waals surface area (Å²) < 4.78 is 2.40. The molecule has 1 fully saturated rings. The minimum absolute atomic E-state index is 0.136. The third-order valence-electron chi connectivity index (χ3n) is 6.39. The Balaban J connectivity index is 1.54. The van der Waals surface area contributed by atoms with Gasteiger partial charge in [0, 0.05) is 47.7 Å². The summed E-state index contributed by atoms with van der Waals surface area (Å²) in [5.74, 6) is 0.148. The summed E-state index contributed by atoms with van der Waals surface area (Å²) in [6.07, 6.45) is 6.67. The van der Waals surface area contributed by atoms with Crippen LogP contribution in [0, 0.1) is 0 Å². The molecule has 6 rings (SSSR count). The van der Waals surface area contributed by atoms with Crippen LogP contribution in [-0.4, -0.2) is 22.0 Å². The highest BCUT2D eigenvalue weighted by Gasteiger charge is 2.39. The second kappa shape index (κ2) is 5.49. The first-order valence-electron chi connectivity index (χ1n) is 9.75. The number of carbonyl (C=O) groups excluding carboxylic acids is 1. The molecule has 1 saturated heterocycles. The molecule has 2 atom stereocenters. The summed E-state index contributed by atoms with van der Waals surface area (Å²) in [4.78, 5) is 16.2. The van der Waals surface area contributed by atoms with Gasteiger partial charge in [-0.1, -0.05) is 36.4 Å². The van der Waals surface area contributed by atoms with Gasteiger partial charge < -0.3 is 14.9 Å². The van der Waals surface area contributed by atoms with E-state index < -0.39 is 0 Å². The number of nitrogens with zero attached hydrogens (tertiary/aromatic N) is 1. The van der Waals surface area contributed by atoms with E-state index in [-0.39, 0.29) is 17.7 Å². The zero-order chi connectivity index (χ0) is 18.0. The van der Waals surface area contributed by atoms with Crippen LogP contribution in [0.4, 0.5) is 0 Å². The lowest BCUT2D eigenvalue weighted by Gasteiger charge is -2.16. The van der Waals surface area contributed by atoms with Gasteiger partial charge in [-0.2, -0.15) is 0 Å². The number of para-hydroxylation sites is 2. The summed E-state index contributed by atoms with van der Waals surface area (Å²) in [5.41, 5.74) is 6.31. The van der Waals surface area contributed by atoms with Gasteiger partial charge in [0.25, 0.3) is 0 Å². The van der Waals surface area contributed by atoms with Gasteiger partial charge in [0.15, 0.2) is 0 Å². The predicted molar refractivity (Wildman–Crippen MR) is 107 cm³/mol. The molecule has 4 aromatic rings. The van der Waals surface area contributed by atoms with Crippen LogP contribution in [-0.2, 0) is 17.8 Å². The van der Waals surface area contributed by atoms with Crippen LogP contribution >= 0.6 is 0 Å². The van der Waals surface area contributed by atoms with E-state index in [1.165, 1.54) is 28.5 Å². The van der Waals surface area contributed by atoms with Crippen molar-refractivity contribution in [2.45, 2.75) is 31.2 Å². The quantitative estimate of drug-likeness (QED) is 0.560. The lowest BCUT2D eigenvalue weighted by atomic mass is 9.83. The van der Waals surface area contributed by atoms with E-state index in [4.69, 9.17) is 0 Å². The van der Waals surface area contributed by atoms with Gasteiger partial charge in [-0.25, -0.2) is 0 Å². The first kappa shape index (κ1) is 15.1. The van der Waals surface area contributed by atoms with Crippen LogP contribution in [0.5, 0.6) is 0 Å². The smallest absolute Gasteiger partial charge is 0.228 e. The van der Waals surface area contributed by atoms with Crippen molar-refractivity contribution in [2.75, 3.05) is 6.54 Å². The van der Waals surface area contributed by atoms with Gasteiger partial charge in [0.2, 0.25) is 5.91 Å². The number of rotatable bonds is 2. The van der Waals surface area contributed by atoms with E-state index in [1.807, 2.05) is 18.3 Å². The minimum Gasteiger partial charge on any atom is -0.361 e. The topological polar surface area (TPSA) is 49.8 Å². The van der Waals surface area contributed by atoms with Crippen LogP contribution in [0.15, 0.2) is 54.9 Å². The van der Waals surface area contributed by atoms with Gasteiger partial charge in [0.1, 0.15) is 0 Å². The maximum atomic E-state index is 12.9. The van der Waals surface area contributed by atoms with Crippen molar-refractivity contribution >= 4 is 27.7 Å². The second-order valence-corrected chi connectivity index (χ2v) is 7.81. The summed E-state index contributed by atoms with van der Waals surface area (Å²) in [6.45, 7) is 1.77. The molecular weight excluding hydrogens is 334 g/mol. The fourth-order valence-corrected chi connectivity index (χ4v) is 5.20. The zero-order valence-corrected chi connectivity index (χ0v) is 15.0. The lowest BCUT2D eigenvalue weighted by Crippen LogP contribution is -2.17. The number of benzene rings is 2. The van der Waals surface area contributed by atoms with Crippen molar-refractivity contribution in [2.24, 2.45) is 0 Å². The maximum absolute atomic E-state index is 12.9. The summed E-state index contributed by atoms with van der Waals surface area (Å²) in [7, 11) is 0. The normalized spacial score (nSPS) is 21.9. The van der Waals surface area contributed by atoms with Gasteiger partial charge in [-0.3, -0.25) is 4.79 Å². The number of fused-ring (bicyclic) bond motifs is 1. The van der Waals surface area contributed by atoms with Crippen LogP contribution in [0.2, 0.25) is 0 Å². The largest absolute Gasteiger partial charge is 0.361 e. The fourth-order valence-electron chi connectivity index (χ4n) is 5.20. The Morgan fingerprint density at radius 1 is 1.00 bits per heavy atom. The Morgan fingerprint density at radius 3 is 2.85 bits per heavy atom. The molecule has 0 aliphatic carbocycles. The molecule has 2 aromatic carbocycles. The van der Waals surface area contributed by atoms with Gasteiger partial charge in [-0.05, 0) is 35.6 Å². The third kappa shape index (κ3) is 2.07. The molecule has 4 heterocycles. The molecule has 4 heteroatoms. The molecule has 0 bridgehead atoms. The van der Waals surface area contributed by atoms with E-state index in [2.05, 4.69) is 51.4 Å². The molecule has 2 aliphatic rings. The molecule has 0 spiro atoms. The number of H-pyrrole nitrogens is 1. The van der Waals surface area contributed by atoms with Gasteiger partial charge in [0.05, 0.1) is 11.4 Å². The Bertz CT molecular complexity index is 1200. The zero-order valence-electron chi connectivity index (χ0n) is 15.0. The molecule has 0 radical (unpaired) electrons. The van der Waals surface area contributed by atoms with Crippen molar-refractivity contribution in [3.8, 4) is 0 Å². The standard InChI is InChI=1S/C23H21N3O/c27-23-21(17-11-24-20-9-2-1-7-15(17)20)18(12-25-23)19-13-26-10-4-6-14-5-3-8-16(19)22(14)26/h1-3,5,7-9,11,13,18,21,24H,4,6,10,12H2,(H,25,27)/t18-,21?/m0/s1. The molecule has 1 unspecified atom stereocenters. The molecule has 2 aromatic heterocycles. The minimum atomic E-state index is -0.149. The molecule has 4 nitrogen and oxygen atoms in total. The molecule has 27 heavy (non-hydrogen) atoms. The van der Waals surface area contributed by atoms with E-state index >= 15 is 0 Å². The summed E-state index contributed by atoms with van der Waals surface area (Å²) in [5, 5.41) is 5.60. The monoisotopic (exact) mass is 355 g/mol. The molecule has 1 amide bonds. The van der Waals surface area contributed by atoms with Crippen molar-refractivity contribution < 1.29 is 4.79 Å². The number of hydrogen-bond donors (Lipinski definition) is 2. The van der Waals surface area contributed by atoms with Crippen molar-refractivity contribution in [3.05, 3.63) is 71.5 Å². The third-order valence-corrected chi connectivity index (χ3v) is 6.39. The predicted octanol–water partition coefficient (Wildman–Crippen LogP) is 4.07. The van der Waals surface area contributed by atoms with Crippen LogP contribution in [0.1, 0.15) is 34.9 Å². The molecule has 134 valence electrons. The number of hydrogen-bond acceptors (Lipinski definition) is 1. The second-order valence-electron chi connectivity index (χ2n) is 7.81. The average Bonchev–Trinajstić information content (AvgIpc) is 3.38. The van der Waals surface area contributed by atoms with Crippen LogP contribution in [0.25, 0.3) is 21.8 Å². The number of aryl methyl sites for hydroxylation is 2. The van der Waals surface area contributed by atoms with Crippen LogP contribution < -0.4 is 5.32 Å². The lowest BCUT2D eigenvalue weighted by molar-refractivity contribution is -0.120. The number of amides is 1. The van der Waals surface area contributed by atoms with E-state index in [0.29, 0.717) is 6.54 Å². The molecular formula is C23H21N3O. The van der Waals surface area contributed by atoms with E-state index in [9.17, 15) is 4.79 Å². The van der Waals surface area contributed by atoms with Crippen LogP contribution in [0.3, 0.4) is 0 Å². The number of carbonyl (C=O) groups is 1. The molecule has 2 N–H and O–H groups in total. The number of aromatic amines is 1. The highest BCUT2D eigenvalue weighted by atomic mass is 16.2. The molecule has 2 aliphatic heterocycles.